The number of anilines is 1. The third-order valence-corrected chi connectivity index (χ3v) is 5.21. The second kappa shape index (κ2) is 8.32. The summed E-state index contributed by atoms with van der Waals surface area (Å²) in [7, 11) is 1.51. The Morgan fingerprint density at radius 2 is 1.94 bits per heavy atom. The molecule has 0 saturated heterocycles. The normalized spacial score (nSPS) is 11.4. The molecular weight excluding hydrogens is 406 g/mol. The molecule has 2 heterocycles. The molecule has 32 heavy (non-hydrogen) atoms. The molecular formula is C24H25N5O3. The standard InChI is InChI=1S/C24H25N5O3/c1-24(2,3)18-7-9-21(32-4)20(15-18)29(31)27-23(30)17-6-8-19-16(14-17)10-12-25-22(19)28-13-5-11-26-28/h5-15,31H,1-4H3,(H,27,30). The van der Waals surface area contributed by atoms with Crippen molar-refractivity contribution in [2.45, 2.75) is 26.2 Å². The second-order valence-electron chi connectivity index (χ2n) is 8.41. The fourth-order valence-corrected chi connectivity index (χ4v) is 3.42. The van der Waals surface area contributed by atoms with E-state index in [4.69, 9.17) is 4.74 Å². The molecule has 2 aromatic carbocycles. The summed E-state index contributed by atoms with van der Waals surface area (Å²) in [4.78, 5) is 17.3. The van der Waals surface area contributed by atoms with Crippen molar-refractivity contribution in [3.8, 4) is 11.6 Å². The summed E-state index contributed by atoms with van der Waals surface area (Å²) >= 11 is 0. The van der Waals surface area contributed by atoms with Crippen molar-refractivity contribution >= 4 is 22.4 Å². The number of hydrazine groups is 1. The Kier molecular flexibility index (Phi) is 5.54. The van der Waals surface area contributed by atoms with E-state index in [1.54, 1.807) is 41.3 Å². The van der Waals surface area contributed by atoms with Gasteiger partial charge in [-0.1, -0.05) is 26.8 Å². The van der Waals surface area contributed by atoms with Crippen LogP contribution in [0.1, 0.15) is 36.7 Å². The van der Waals surface area contributed by atoms with Gasteiger partial charge in [-0.3, -0.25) is 10.0 Å². The largest absolute Gasteiger partial charge is 0.494 e. The lowest BCUT2D eigenvalue weighted by Gasteiger charge is -2.24. The van der Waals surface area contributed by atoms with E-state index in [9.17, 15) is 10.0 Å². The summed E-state index contributed by atoms with van der Waals surface area (Å²) in [5, 5.41) is 17.2. The quantitative estimate of drug-likeness (QED) is 0.459. The predicted octanol–water partition coefficient (Wildman–Crippen LogP) is 4.27. The van der Waals surface area contributed by atoms with Gasteiger partial charge in [0.1, 0.15) is 11.4 Å². The van der Waals surface area contributed by atoms with Gasteiger partial charge in [0.25, 0.3) is 5.91 Å². The number of nitrogens with zero attached hydrogens (tertiary/aromatic N) is 4. The number of hydrogen-bond donors (Lipinski definition) is 2. The molecule has 8 heteroatoms. The molecule has 0 atom stereocenters. The summed E-state index contributed by atoms with van der Waals surface area (Å²) in [5.74, 6) is 0.649. The molecule has 164 valence electrons. The van der Waals surface area contributed by atoms with Crippen molar-refractivity contribution in [1.82, 2.24) is 20.2 Å². The minimum Gasteiger partial charge on any atom is -0.494 e. The van der Waals surface area contributed by atoms with Crippen molar-refractivity contribution in [2.75, 3.05) is 12.3 Å². The number of benzene rings is 2. The van der Waals surface area contributed by atoms with Crippen LogP contribution in [0.4, 0.5) is 5.69 Å². The molecule has 0 spiro atoms. The van der Waals surface area contributed by atoms with Crippen LogP contribution in [0.5, 0.6) is 5.75 Å². The van der Waals surface area contributed by atoms with E-state index in [-0.39, 0.29) is 5.41 Å². The zero-order valence-electron chi connectivity index (χ0n) is 18.4. The van der Waals surface area contributed by atoms with Crippen LogP contribution < -0.4 is 15.3 Å². The van der Waals surface area contributed by atoms with Crippen molar-refractivity contribution in [3.05, 3.63) is 78.2 Å². The molecule has 0 radical (unpaired) electrons. The maximum absolute atomic E-state index is 12.9. The number of pyridine rings is 1. The van der Waals surface area contributed by atoms with Crippen LogP contribution in [0.3, 0.4) is 0 Å². The third kappa shape index (κ3) is 4.13. The fourth-order valence-electron chi connectivity index (χ4n) is 3.42. The zero-order valence-corrected chi connectivity index (χ0v) is 18.4. The Morgan fingerprint density at radius 3 is 2.62 bits per heavy atom. The number of rotatable bonds is 5. The molecule has 0 aliphatic heterocycles. The van der Waals surface area contributed by atoms with Gasteiger partial charge < -0.3 is 4.74 Å². The number of ether oxygens (including phenoxy) is 1. The minimum absolute atomic E-state index is 0.134. The van der Waals surface area contributed by atoms with Crippen LogP contribution in [0, 0.1) is 0 Å². The first-order valence-corrected chi connectivity index (χ1v) is 10.2. The van der Waals surface area contributed by atoms with Gasteiger partial charge >= 0.3 is 0 Å². The number of aromatic nitrogens is 3. The Hall–Kier alpha value is -3.91. The van der Waals surface area contributed by atoms with Gasteiger partial charge in [-0.25, -0.2) is 15.1 Å². The van der Waals surface area contributed by atoms with E-state index < -0.39 is 5.91 Å². The molecule has 4 aromatic rings. The van der Waals surface area contributed by atoms with Crippen molar-refractivity contribution in [3.63, 3.8) is 0 Å². The number of carbonyl (C=O) groups is 1. The van der Waals surface area contributed by atoms with Crippen LogP contribution in [-0.2, 0) is 5.41 Å². The summed E-state index contributed by atoms with van der Waals surface area (Å²) in [6.07, 6.45) is 5.16. The monoisotopic (exact) mass is 431 g/mol. The molecule has 0 aliphatic carbocycles. The van der Waals surface area contributed by atoms with Crippen LogP contribution >= 0.6 is 0 Å². The van der Waals surface area contributed by atoms with Crippen LogP contribution in [-0.4, -0.2) is 33.0 Å². The highest BCUT2D eigenvalue weighted by Gasteiger charge is 2.20. The molecule has 0 bridgehead atoms. The molecule has 0 saturated carbocycles. The van der Waals surface area contributed by atoms with Gasteiger partial charge in [0.15, 0.2) is 5.82 Å². The molecule has 4 rings (SSSR count). The lowest BCUT2D eigenvalue weighted by atomic mass is 9.87. The summed E-state index contributed by atoms with van der Waals surface area (Å²) in [5.41, 5.74) is 4.10. The molecule has 0 aliphatic rings. The molecule has 0 unspecified atom stereocenters. The van der Waals surface area contributed by atoms with Gasteiger partial charge in [0, 0.05) is 29.5 Å². The average Bonchev–Trinajstić information content (AvgIpc) is 3.31. The van der Waals surface area contributed by atoms with E-state index in [1.165, 1.54) is 7.11 Å². The van der Waals surface area contributed by atoms with Crippen molar-refractivity contribution < 1.29 is 14.7 Å². The minimum atomic E-state index is -0.463. The third-order valence-electron chi connectivity index (χ3n) is 5.21. The first-order valence-electron chi connectivity index (χ1n) is 10.2. The average molecular weight is 431 g/mol. The maximum atomic E-state index is 12.9. The summed E-state index contributed by atoms with van der Waals surface area (Å²) < 4.78 is 7.03. The Morgan fingerprint density at radius 1 is 1.12 bits per heavy atom. The number of carbonyl (C=O) groups excluding carboxylic acids is 1. The Bertz CT molecular complexity index is 1260. The predicted molar refractivity (Wildman–Crippen MR) is 122 cm³/mol. The Labute approximate surface area is 186 Å². The Balaban J connectivity index is 1.62. The maximum Gasteiger partial charge on any atom is 0.271 e. The summed E-state index contributed by atoms with van der Waals surface area (Å²) in [6, 6.07) is 14.4. The lowest BCUT2D eigenvalue weighted by Crippen LogP contribution is -2.40. The van der Waals surface area contributed by atoms with Gasteiger partial charge in [-0.05, 0) is 58.8 Å². The topological polar surface area (TPSA) is 92.5 Å². The smallest absolute Gasteiger partial charge is 0.271 e. The fraction of sp³-hybridized carbons (Fsp3) is 0.208. The van der Waals surface area contributed by atoms with E-state index in [2.05, 4.69) is 36.3 Å². The van der Waals surface area contributed by atoms with Crippen LogP contribution in [0.15, 0.2) is 67.1 Å². The first-order chi connectivity index (χ1) is 15.3. The van der Waals surface area contributed by atoms with E-state index in [1.807, 2.05) is 30.5 Å². The highest BCUT2D eigenvalue weighted by Crippen LogP contribution is 2.33. The number of methoxy groups -OCH3 is 1. The van der Waals surface area contributed by atoms with Crippen molar-refractivity contribution in [2.24, 2.45) is 0 Å². The van der Waals surface area contributed by atoms with E-state index >= 15 is 0 Å². The molecule has 2 aromatic heterocycles. The molecule has 1 amide bonds. The SMILES string of the molecule is COc1ccc(C(C)(C)C)cc1N(O)NC(=O)c1ccc2c(-n3cccn3)nccc2c1. The molecule has 0 fully saturated rings. The van der Waals surface area contributed by atoms with Crippen LogP contribution in [0.2, 0.25) is 0 Å². The number of amides is 1. The van der Waals surface area contributed by atoms with Crippen LogP contribution in [0.25, 0.3) is 16.6 Å². The van der Waals surface area contributed by atoms with Gasteiger partial charge in [0.2, 0.25) is 0 Å². The van der Waals surface area contributed by atoms with Gasteiger partial charge in [-0.2, -0.15) is 10.3 Å². The van der Waals surface area contributed by atoms with Gasteiger partial charge in [0.05, 0.1) is 7.11 Å². The number of hydrogen-bond acceptors (Lipinski definition) is 6. The van der Waals surface area contributed by atoms with E-state index in [0.717, 1.165) is 16.3 Å². The second-order valence-corrected chi connectivity index (χ2v) is 8.41. The van der Waals surface area contributed by atoms with Gasteiger partial charge in [-0.15, -0.1) is 0 Å². The number of nitrogens with one attached hydrogen (secondary N) is 1. The molecule has 2 N–H and O–H groups in total. The van der Waals surface area contributed by atoms with Crippen molar-refractivity contribution in [1.29, 1.82) is 0 Å². The zero-order chi connectivity index (χ0) is 22.9. The highest BCUT2D eigenvalue weighted by molar-refractivity contribution is 6.00. The molecule has 8 nitrogen and oxygen atoms in total. The van der Waals surface area contributed by atoms with E-state index in [0.29, 0.717) is 28.0 Å². The number of fused-ring (bicyclic) bond motifs is 1. The highest BCUT2D eigenvalue weighted by atomic mass is 16.5. The summed E-state index contributed by atoms with van der Waals surface area (Å²) in [6.45, 7) is 6.21. The lowest BCUT2D eigenvalue weighted by molar-refractivity contribution is 0.0879. The first kappa shape index (κ1) is 21.3.